The molecule has 26 heavy (non-hydrogen) atoms. The van der Waals surface area contributed by atoms with Crippen molar-refractivity contribution in [2.24, 2.45) is 0 Å². The monoisotopic (exact) mass is 346 g/mol. The third-order valence-electron chi connectivity index (χ3n) is 5.01. The summed E-state index contributed by atoms with van der Waals surface area (Å²) in [4.78, 5) is 7.01. The molecule has 0 saturated heterocycles. The predicted octanol–water partition coefficient (Wildman–Crippen LogP) is 5.72. The third kappa shape index (κ3) is 2.88. The molecule has 1 aliphatic rings. The van der Waals surface area contributed by atoms with Gasteiger partial charge in [-0.05, 0) is 44.4 Å². The Morgan fingerprint density at radius 3 is 2.31 bits per heavy atom. The minimum atomic E-state index is -0.189. The molecule has 0 aliphatic carbocycles. The lowest BCUT2D eigenvalue weighted by molar-refractivity contribution is 0.514. The number of aromatic nitrogens is 1. The minimum absolute atomic E-state index is 0.0399. The average molecular weight is 346 g/mol. The first kappa shape index (κ1) is 16.8. The molecule has 1 aliphatic heterocycles. The maximum absolute atomic E-state index is 15.2. The van der Waals surface area contributed by atoms with Crippen LogP contribution in [0.5, 0.6) is 0 Å². The number of hydrogen-bond acceptors (Lipinski definition) is 2. The molecule has 132 valence electrons. The number of nitrogens with zero attached hydrogens (tertiary/aromatic N) is 2. The van der Waals surface area contributed by atoms with Crippen molar-refractivity contribution in [3.8, 4) is 22.3 Å². The zero-order chi connectivity index (χ0) is 18.3. The van der Waals surface area contributed by atoms with Gasteiger partial charge in [0.1, 0.15) is 11.6 Å². The van der Waals surface area contributed by atoms with Gasteiger partial charge in [-0.3, -0.25) is 0 Å². The fourth-order valence-corrected chi connectivity index (χ4v) is 3.66. The number of halogens is 1. The summed E-state index contributed by atoms with van der Waals surface area (Å²) in [6.45, 7) is 7.55. The molecule has 2 aromatic carbocycles. The van der Waals surface area contributed by atoms with Crippen LogP contribution in [-0.4, -0.2) is 17.1 Å². The molecule has 0 spiro atoms. The number of benzene rings is 2. The largest absolute Gasteiger partial charge is 0.351 e. The van der Waals surface area contributed by atoms with Crippen LogP contribution < -0.4 is 4.90 Å². The van der Waals surface area contributed by atoms with Crippen molar-refractivity contribution in [2.75, 3.05) is 11.4 Å². The van der Waals surface area contributed by atoms with Crippen LogP contribution in [0.2, 0.25) is 0 Å². The molecule has 2 nitrogen and oxygen atoms in total. The van der Waals surface area contributed by atoms with Crippen molar-refractivity contribution >= 4 is 5.82 Å². The number of hydrogen-bond donors (Lipinski definition) is 0. The Hall–Kier alpha value is -2.68. The Labute approximate surface area is 154 Å². The molecule has 0 bridgehead atoms. The maximum atomic E-state index is 15.2. The van der Waals surface area contributed by atoms with E-state index in [1.807, 2.05) is 48.5 Å². The van der Waals surface area contributed by atoms with Crippen molar-refractivity contribution in [1.82, 2.24) is 4.98 Å². The molecular weight excluding hydrogens is 323 g/mol. The highest BCUT2D eigenvalue weighted by molar-refractivity contribution is 5.75. The molecule has 3 heteroatoms. The van der Waals surface area contributed by atoms with E-state index in [0.29, 0.717) is 11.1 Å². The van der Waals surface area contributed by atoms with Crippen molar-refractivity contribution < 1.29 is 4.39 Å². The Morgan fingerprint density at radius 1 is 0.923 bits per heavy atom. The van der Waals surface area contributed by atoms with Gasteiger partial charge in [0.2, 0.25) is 0 Å². The van der Waals surface area contributed by atoms with E-state index in [2.05, 4.69) is 36.7 Å². The second-order valence-corrected chi connectivity index (χ2v) is 7.81. The summed E-state index contributed by atoms with van der Waals surface area (Å²) < 4.78 is 15.2. The lowest BCUT2D eigenvalue weighted by atomic mass is 9.98. The van der Waals surface area contributed by atoms with Gasteiger partial charge in [0.05, 0.1) is 0 Å². The summed E-state index contributed by atoms with van der Waals surface area (Å²) in [6, 6.07) is 17.3. The predicted molar refractivity (Wildman–Crippen MR) is 106 cm³/mol. The normalized spacial score (nSPS) is 13.8. The molecule has 0 atom stereocenters. The third-order valence-corrected chi connectivity index (χ3v) is 5.01. The van der Waals surface area contributed by atoms with Gasteiger partial charge >= 0.3 is 0 Å². The molecule has 2 heterocycles. The van der Waals surface area contributed by atoms with Crippen molar-refractivity contribution in [3.63, 3.8) is 0 Å². The van der Waals surface area contributed by atoms with Crippen molar-refractivity contribution in [2.45, 2.75) is 32.7 Å². The summed E-state index contributed by atoms with van der Waals surface area (Å²) in [6.07, 6.45) is 2.75. The molecule has 0 radical (unpaired) electrons. The molecule has 0 N–H and O–H groups in total. The van der Waals surface area contributed by atoms with E-state index in [1.54, 1.807) is 6.20 Å². The molecular formula is C23H23FN2. The Kier molecular flexibility index (Phi) is 4.03. The highest BCUT2D eigenvalue weighted by Crippen LogP contribution is 2.36. The van der Waals surface area contributed by atoms with Gasteiger partial charge in [0, 0.05) is 35.0 Å². The van der Waals surface area contributed by atoms with Crippen LogP contribution in [-0.2, 0) is 6.42 Å². The van der Waals surface area contributed by atoms with Gasteiger partial charge in [-0.15, -0.1) is 0 Å². The minimum Gasteiger partial charge on any atom is -0.351 e. The van der Waals surface area contributed by atoms with Crippen molar-refractivity contribution in [1.29, 1.82) is 0 Å². The number of fused-ring (bicyclic) bond motifs is 1. The highest BCUT2D eigenvalue weighted by atomic mass is 19.1. The van der Waals surface area contributed by atoms with E-state index in [1.165, 1.54) is 5.56 Å². The lowest BCUT2D eigenvalue weighted by Crippen LogP contribution is -2.40. The second-order valence-electron chi connectivity index (χ2n) is 7.81. The van der Waals surface area contributed by atoms with Gasteiger partial charge < -0.3 is 4.90 Å². The topological polar surface area (TPSA) is 16.1 Å². The van der Waals surface area contributed by atoms with Gasteiger partial charge in [-0.1, -0.05) is 48.5 Å². The summed E-state index contributed by atoms with van der Waals surface area (Å²) in [5.74, 6) is 0.840. The number of rotatable bonds is 2. The van der Waals surface area contributed by atoms with Gasteiger partial charge in [0.15, 0.2) is 0 Å². The second kappa shape index (κ2) is 6.24. The molecule has 1 aromatic heterocycles. The van der Waals surface area contributed by atoms with Gasteiger partial charge in [-0.2, -0.15) is 0 Å². The van der Waals surface area contributed by atoms with E-state index < -0.39 is 0 Å². The van der Waals surface area contributed by atoms with Crippen LogP contribution >= 0.6 is 0 Å². The van der Waals surface area contributed by atoms with Crippen molar-refractivity contribution in [3.05, 3.63) is 72.2 Å². The average Bonchev–Trinajstić information content (AvgIpc) is 3.06. The smallest absolute Gasteiger partial charge is 0.138 e. The lowest BCUT2D eigenvalue weighted by Gasteiger charge is -2.33. The molecule has 0 unspecified atom stereocenters. The van der Waals surface area contributed by atoms with E-state index in [-0.39, 0.29) is 11.4 Å². The molecule has 0 saturated carbocycles. The van der Waals surface area contributed by atoms with E-state index >= 15 is 4.39 Å². The molecule has 3 aromatic rings. The van der Waals surface area contributed by atoms with Crippen LogP contribution in [0.15, 0.2) is 60.8 Å². The zero-order valence-corrected chi connectivity index (χ0v) is 15.5. The zero-order valence-electron chi connectivity index (χ0n) is 15.5. The fourth-order valence-electron chi connectivity index (χ4n) is 3.66. The van der Waals surface area contributed by atoms with Crippen LogP contribution in [0.25, 0.3) is 22.3 Å². The van der Waals surface area contributed by atoms with Gasteiger partial charge in [0.25, 0.3) is 0 Å². The van der Waals surface area contributed by atoms with Crippen LogP contribution in [0.1, 0.15) is 26.3 Å². The van der Waals surface area contributed by atoms with Crippen LogP contribution in [0.3, 0.4) is 0 Å². The fraction of sp³-hybridized carbons (Fsp3) is 0.261. The van der Waals surface area contributed by atoms with Gasteiger partial charge in [-0.25, -0.2) is 9.37 Å². The number of pyridine rings is 1. The Morgan fingerprint density at radius 2 is 1.62 bits per heavy atom. The van der Waals surface area contributed by atoms with E-state index in [0.717, 1.165) is 29.9 Å². The first-order chi connectivity index (χ1) is 12.4. The standard InChI is InChI=1S/C23H23FN2/c1-23(2,3)26-13-12-17-14-18(15-25-22(17)26)20-11-7-10-19(21(20)24)16-8-5-4-6-9-16/h4-11,14-15H,12-13H2,1-3H3. The summed E-state index contributed by atoms with van der Waals surface area (Å²) in [7, 11) is 0. The Bertz CT molecular complexity index is 942. The first-order valence-electron chi connectivity index (χ1n) is 9.06. The summed E-state index contributed by atoms with van der Waals surface area (Å²) in [5.41, 5.74) is 4.20. The maximum Gasteiger partial charge on any atom is 0.138 e. The number of anilines is 1. The van der Waals surface area contributed by atoms with E-state index in [4.69, 9.17) is 0 Å². The molecule has 4 rings (SSSR count). The summed E-state index contributed by atoms with van der Waals surface area (Å²) >= 11 is 0. The Balaban J connectivity index is 1.76. The van der Waals surface area contributed by atoms with E-state index in [9.17, 15) is 0 Å². The van der Waals surface area contributed by atoms with Crippen LogP contribution in [0, 0.1) is 5.82 Å². The molecule has 0 amide bonds. The first-order valence-corrected chi connectivity index (χ1v) is 9.06. The van der Waals surface area contributed by atoms with Crippen LogP contribution in [0.4, 0.5) is 10.2 Å². The molecule has 0 fully saturated rings. The highest BCUT2D eigenvalue weighted by Gasteiger charge is 2.29. The summed E-state index contributed by atoms with van der Waals surface area (Å²) in [5, 5.41) is 0. The SMILES string of the molecule is CC(C)(C)N1CCc2cc(-c3cccc(-c4ccccc4)c3F)cnc21. The quantitative estimate of drug-likeness (QED) is 0.590.